The van der Waals surface area contributed by atoms with E-state index < -0.39 is 23.6 Å². The third-order valence-corrected chi connectivity index (χ3v) is 5.45. The highest BCUT2D eigenvalue weighted by atomic mass is 19.1. The Bertz CT molecular complexity index is 1420. The van der Waals surface area contributed by atoms with Gasteiger partial charge < -0.3 is 19.8 Å². The zero-order valence-electron chi connectivity index (χ0n) is 20.3. The molecule has 0 aliphatic rings. The molecule has 2 aromatic carbocycles. The second kappa shape index (κ2) is 10.5. The van der Waals surface area contributed by atoms with Crippen molar-refractivity contribution >= 4 is 17.0 Å². The molecule has 36 heavy (non-hydrogen) atoms. The molecule has 184 valence electrons. The number of nitrogens with zero attached hydrogens (tertiary/aromatic N) is 2. The molecule has 0 aliphatic carbocycles. The molecule has 0 radical (unpaired) electrons. The van der Waals surface area contributed by atoms with Crippen LogP contribution in [-0.4, -0.2) is 34.3 Å². The highest BCUT2D eigenvalue weighted by molar-refractivity contribution is 5.83. The van der Waals surface area contributed by atoms with Crippen molar-refractivity contribution in [3.05, 3.63) is 84.1 Å². The Labute approximate surface area is 208 Å². The standard InChI is InChI=1S/C28H27FN4O3/c1-28(2,3)36-27(34)33-22(11-21-15-32-26-7-5-4-6-24(21)26)17-35-23-12-20(14-31-16-23)18-8-9-25(29)19(10-18)13-30/h4-10,12,14-16,22,32H,11,17H2,1-3H3,(H,33,34)/t22-/m0/s1. The number of rotatable bonds is 7. The van der Waals surface area contributed by atoms with Crippen LogP contribution in [0.1, 0.15) is 31.9 Å². The Kier molecular flexibility index (Phi) is 7.20. The second-order valence-electron chi connectivity index (χ2n) is 9.43. The summed E-state index contributed by atoms with van der Waals surface area (Å²) in [6.45, 7) is 5.59. The summed E-state index contributed by atoms with van der Waals surface area (Å²) in [6, 6.07) is 15.5. The molecule has 2 N–H and O–H groups in total. The van der Waals surface area contributed by atoms with Crippen LogP contribution in [0.15, 0.2) is 67.1 Å². The van der Waals surface area contributed by atoms with Crippen LogP contribution in [0.2, 0.25) is 0 Å². The lowest BCUT2D eigenvalue weighted by Crippen LogP contribution is -2.43. The SMILES string of the molecule is CC(C)(C)OC(=O)N[C@H](COc1cncc(-c2ccc(F)c(C#N)c2)c1)Cc1c[nH]c2ccccc12. The molecular formula is C28H27FN4O3. The number of benzene rings is 2. The smallest absolute Gasteiger partial charge is 0.408 e. The Hall–Kier alpha value is -4.38. The lowest BCUT2D eigenvalue weighted by Gasteiger charge is -2.24. The van der Waals surface area contributed by atoms with E-state index in [0.29, 0.717) is 23.3 Å². The number of pyridine rings is 1. The van der Waals surface area contributed by atoms with Gasteiger partial charge in [0.2, 0.25) is 0 Å². The first-order chi connectivity index (χ1) is 17.2. The van der Waals surface area contributed by atoms with Crippen LogP contribution in [-0.2, 0) is 11.2 Å². The van der Waals surface area contributed by atoms with Crippen molar-refractivity contribution < 1.29 is 18.7 Å². The van der Waals surface area contributed by atoms with Crippen molar-refractivity contribution in [3.8, 4) is 22.9 Å². The number of hydrogen-bond donors (Lipinski definition) is 2. The van der Waals surface area contributed by atoms with Gasteiger partial charge in [-0.1, -0.05) is 24.3 Å². The van der Waals surface area contributed by atoms with Crippen molar-refractivity contribution in [2.24, 2.45) is 0 Å². The maximum absolute atomic E-state index is 13.7. The molecule has 1 amide bonds. The van der Waals surface area contributed by atoms with Gasteiger partial charge in [-0.25, -0.2) is 9.18 Å². The summed E-state index contributed by atoms with van der Waals surface area (Å²) in [7, 11) is 0. The zero-order chi connectivity index (χ0) is 25.7. The van der Waals surface area contributed by atoms with Crippen molar-refractivity contribution in [2.45, 2.75) is 38.8 Å². The van der Waals surface area contributed by atoms with Gasteiger partial charge in [-0.05, 0) is 62.6 Å². The van der Waals surface area contributed by atoms with Gasteiger partial charge >= 0.3 is 6.09 Å². The van der Waals surface area contributed by atoms with Gasteiger partial charge in [-0.3, -0.25) is 4.98 Å². The molecule has 1 atom stereocenters. The normalized spacial score (nSPS) is 12.1. The monoisotopic (exact) mass is 486 g/mol. The number of fused-ring (bicyclic) bond motifs is 1. The van der Waals surface area contributed by atoms with Crippen LogP contribution in [0.25, 0.3) is 22.0 Å². The van der Waals surface area contributed by atoms with E-state index in [2.05, 4.69) is 15.3 Å². The largest absolute Gasteiger partial charge is 0.490 e. The summed E-state index contributed by atoms with van der Waals surface area (Å²) in [5, 5.41) is 13.1. The lowest BCUT2D eigenvalue weighted by molar-refractivity contribution is 0.0488. The van der Waals surface area contributed by atoms with E-state index in [4.69, 9.17) is 14.7 Å². The number of nitriles is 1. The van der Waals surface area contributed by atoms with Gasteiger partial charge in [0, 0.05) is 28.9 Å². The van der Waals surface area contributed by atoms with Gasteiger partial charge in [0.25, 0.3) is 0 Å². The summed E-state index contributed by atoms with van der Waals surface area (Å²) in [5.74, 6) is -0.0970. The van der Waals surface area contributed by atoms with E-state index in [1.807, 2.05) is 57.3 Å². The highest BCUT2D eigenvalue weighted by Crippen LogP contribution is 2.25. The Balaban J connectivity index is 1.52. The molecule has 0 spiro atoms. The predicted octanol–water partition coefficient (Wildman–Crippen LogP) is 5.76. The van der Waals surface area contributed by atoms with E-state index in [9.17, 15) is 9.18 Å². The van der Waals surface area contributed by atoms with E-state index >= 15 is 0 Å². The summed E-state index contributed by atoms with van der Waals surface area (Å²) in [5.41, 5.74) is 2.70. The molecule has 8 heteroatoms. The number of ether oxygens (including phenoxy) is 2. The number of para-hydroxylation sites is 1. The summed E-state index contributed by atoms with van der Waals surface area (Å²) < 4.78 is 25.2. The van der Waals surface area contributed by atoms with Crippen molar-refractivity contribution in [2.75, 3.05) is 6.61 Å². The van der Waals surface area contributed by atoms with Gasteiger partial charge in [-0.2, -0.15) is 5.26 Å². The van der Waals surface area contributed by atoms with Crippen molar-refractivity contribution in [1.82, 2.24) is 15.3 Å². The number of aromatic nitrogens is 2. The van der Waals surface area contributed by atoms with Crippen LogP contribution >= 0.6 is 0 Å². The number of H-pyrrole nitrogens is 1. The molecule has 0 aliphatic heterocycles. The molecule has 7 nitrogen and oxygen atoms in total. The Morgan fingerprint density at radius 3 is 2.75 bits per heavy atom. The van der Waals surface area contributed by atoms with Gasteiger partial charge in [0.1, 0.15) is 29.8 Å². The Morgan fingerprint density at radius 1 is 1.17 bits per heavy atom. The first-order valence-corrected chi connectivity index (χ1v) is 11.5. The molecule has 0 saturated heterocycles. The van der Waals surface area contributed by atoms with Crippen LogP contribution in [0.5, 0.6) is 5.75 Å². The lowest BCUT2D eigenvalue weighted by atomic mass is 10.0. The first-order valence-electron chi connectivity index (χ1n) is 11.5. The van der Waals surface area contributed by atoms with E-state index in [1.165, 1.54) is 12.1 Å². The molecule has 4 aromatic rings. The zero-order valence-corrected chi connectivity index (χ0v) is 20.3. The quantitative estimate of drug-likeness (QED) is 0.346. The Morgan fingerprint density at radius 2 is 1.97 bits per heavy atom. The van der Waals surface area contributed by atoms with E-state index in [0.717, 1.165) is 16.5 Å². The number of carbonyl (C=O) groups is 1. The maximum Gasteiger partial charge on any atom is 0.408 e. The number of carbonyl (C=O) groups excluding carboxylic acids is 1. The van der Waals surface area contributed by atoms with E-state index in [1.54, 1.807) is 24.5 Å². The molecule has 2 aromatic heterocycles. The van der Waals surface area contributed by atoms with Crippen LogP contribution in [0.3, 0.4) is 0 Å². The average Bonchev–Trinajstić information content (AvgIpc) is 3.24. The van der Waals surface area contributed by atoms with Crippen LogP contribution < -0.4 is 10.1 Å². The van der Waals surface area contributed by atoms with Gasteiger partial charge in [-0.15, -0.1) is 0 Å². The predicted molar refractivity (Wildman–Crippen MR) is 135 cm³/mol. The number of aromatic amines is 1. The molecule has 0 unspecified atom stereocenters. The fraction of sp³-hybridized carbons (Fsp3) is 0.250. The van der Waals surface area contributed by atoms with Crippen molar-refractivity contribution in [1.29, 1.82) is 5.26 Å². The van der Waals surface area contributed by atoms with Crippen LogP contribution in [0, 0.1) is 17.1 Å². The summed E-state index contributed by atoms with van der Waals surface area (Å²) in [4.78, 5) is 20.0. The number of amides is 1. The third-order valence-electron chi connectivity index (χ3n) is 5.45. The highest BCUT2D eigenvalue weighted by Gasteiger charge is 2.21. The summed E-state index contributed by atoms with van der Waals surface area (Å²) >= 11 is 0. The fourth-order valence-corrected chi connectivity index (χ4v) is 3.83. The number of hydrogen-bond acceptors (Lipinski definition) is 5. The first kappa shape index (κ1) is 24.7. The van der Waals surface area contributed by atoms with Gasteiger partial charge in [0.05, 0.1) is 17.8 Å². The number of nitrogens with one attached hydrogen (secondary N) is 2. The van der Waals surface area contributed by atoms with Crippen LogP contribution in [0.4, 0.5) is 9.18 Å². The minimum absolute atomic E-state index is 0.0424. The third kappa shape index (κ3) is 6.19. The summed E-state index contributed by atoms with van der Waals surface area (Å²) in [6.07, 6.45) is 5.09. The molecule has 4 rings (SSSR count). The number of alkyl carbamates (subject to hydrolysis) is 1. The minimum Gasteiger partial charge on any atom is -0.490 e. The maximum atomic E-state index is 13.7. The minimum atomic E-state index is -0.633. The molecule has 0 bridgehead atoms. The van der Waals surface area contributed by atoms with Crippen molar-refractivity contribution in [3.63, 3.8) is 0 Å². The fourth-order valence-electron chi connectivity index (χ4n) is 3.83. The second-order valence-corrected chi connectivity index (χ2v) is 9.43. The molecule has 0 saturated carbocycles. The number of halogens is 1. The molecule has 2 heterocycles. The topological polar surface area (TPSA) is 100 Å². The van der Waals surface area contributed by atoms with Gasteiger partial charge in [0.15, 0.2) is 0 Å². The molecular weight excluding hydrogens is 459 g/mol. The molecule has 0 fully saturated rings. The average molecular weight is 487 g/mol. The van der Waals surface area contributed by atoms with E-state index in [-0.39, 0.29) is 12.2 Å².